The Hall–Kier alpha value is -1.08. The van der Waals surface area contributed by atoms with Crippen LogP contribution in [-0.4, -0.2) is 13.6 Å². The monoisotopic (exact) mass is 331 g/mol. The van der Waals surface area contributed by atoms with Crippen molar-refractivity contribution in [3.05, 3.63) is 48.6 Å². The predicted molar refractivity (Wildman–Crippen MR) is 111 cm³/mol. The fourth-order valence-electron chi connectivity index (χ4n) is 3.89. The van der Waals surface area contributed by atoms with Gasteiger partial charge in [-0.3, -0.25) is 0 Å². The van der Waals surface area contributed by atoms with Crippen molar-refractivity contribution in [3.8, 4) is 0 Å². The Bertz CT molecular complexity index is 399. The van der Waals surface area contributed by atoms with Crippen molar-refractivity contribution >= 4 is 0 Å². The third-order valence-corrected chi connectivity index (χ3v) is 4.58. The van der Waals surface area contributed by atoms with Gasteiger partial charge in [-0.05, 0) is 65.3 Å². The standard InChI is InChI=1S/C23H41N/c1-8-13-21(14-9-2)15-12-18-22(5,6)19-23(16-10-3,17-11-4)20-24-7/h8-11,13-14,16-17,21,24H,12,15,18-20H2,1-7H3. The Kier molecular flexibility index (Phi) is 11.8. The molecule has 0 aliphatic rings. The van der Waals surface area contributed by atoms with Crippen LogP contribution >= 0.6 is 0 Å². The van der Waals surface area contributed by atoms with Gasteiger partial charge in [-0.2, -0.15) is 0 Å². The number of rotatable bonds is 12. The van der Waals surface area contributed by atoms with Crippen LogP contribution in [-0.2, 0) is 0 Å². The summed E-state index contributed by atoms with van der Waals surface area (Å²) in [5.41, 5.74) is 0.445. The van der Waals surface area contributed by atoms with E-state index in [1.165, 1.54) is 25.7 Å². The quantitative estimate of drug-likeness (QED) is 0.392. The van der Waals surface area contributed by atoms with E-state index in [1.54, 1.807) is 0 Å². The summed E-state index contributed by atoms with van der Waals surface area (Å²) >= 11 is 0. The number of allylic oxidation sites excluding steroid dienone is 6. The molecule has 0 bridgehead atoms. The minimum Gasteiger partial charge on any atom is -0.319 e. The smallest absolute Gasteiger partial charge is 0.0191 e. The minimum absolute atomic E-state index is 0.119. The van der Waals surface area contributed by atoms with Crippen molar-refractivity contribution in [2.75, 3.05) is 13.6 Å². The summed E-state index contributed by atoms with van der Waals surface area (Å²) in [4.78, 5) is 0. The summed E-state index contributed by atoms with van der Waals surface area (Å²) in [6.07, 6.45) is 23.1. The normalized spacial score (nSPS) is 17.5. The summed E-state index contributed by atoms with van der Waals surface area (Å²) in [6, 6.07) is 0. The molecule has 0 amide bonds. The lowest BCUT2D eigenvalue weighted by atomic mass is 9.70. The largest absolute Gasteiger partial charge is 0.319 e. The second-order valence-corrected chi connectivity index (χ2v) is 7.71. The molecule has 0 saturated carbocycles. The zero-order chi connectivity index (χ0) is 18.5. The van der Waals surface area contributed by atoms with E-state index in [-0.39, 0.29) is 5.41 Å². The second-order valence-electron chi connectivity index (χ2n) is 7.71. The molecule has 0 aromatic heterocycles. The van der Waals surface area contributed by atoms with Crippen LogP contribution in [0.25, 0.3) is 0 Å². The number of nitrogens with one attached hydrogen (secondary N) is 1. The van der Waals surface area contributed by atoms with Crippen LogP contribution in [0.4, 0.5) is 0 Å². The summed E-state index contributed by atoms with van der Waals surface area (Å²) in [5, 5.41) is 3.39. The van der Waals surface area contributed by atoms with Gasteiger partial charge in [0.25, 0.3) is 0 Å². The molecular formula is C23H41N. The molecule has 0 spiro atoms. The molecule has 0 fully saturated rings. The summed E-state index contributed by atoms with van der Waals surface area (Å²) < 4.78 is 0. The lowest BCUT2D eigenvalue weighted by molar-refractivity contribution is 0.218. The maximum absolute atomic E-state index is 3.39. The van der Waals surface area contributed by atoms with Crippen LogP contribution in [0.3, 0.4) is 0 Å². The molecule has 0 aliphatic heterocycles. The first-order valence-corrected chi connectivity index (χ1v) is 9.56. The maximum Gasteiger partial charge on any atom is 0.0191 e. The Balaban J connectivity index is 4.89. The van der Waals surface area contributed by atoms with E-state index >= 15 is 0 Å². The molecule has 0 atom stereocenters. The summed E-state index contributed by atoms with van der Waals surface area (Å²) in [6.45, 7) is 14.3. The zero-order valence-corrected chi connectivity index (χ0v) is 17.2. The molecule has 0 rings (SSSR count). The number of hydrogen-bond donors (Lipinski definition) is 1. The first kappa shape index (κ1) is 22.9. The Morgan fingerprint density at radius 3 is 1.83 bits per heavy atom. The van der Waals surface area contributed by atoms with Crippen molar-refractivity contribution in [1.29, 1.82) is 0 Å². The van der Waals surface area contributed by atoms with Crippen molar-refractivity contribution in [3.63, 3.8) is 0 Å². The fraction of sp³-hybridized carbons (Fsp3) is 0.652. The molecule has 0 radical (unpaired) electrons. The average Bonchev–Trinajstić information content (AvgIpc) is 2.47. The molecule has 0 aromatic rings. The highest BCUT2D eigenvalue weighted by molar-refractivity contribution is 5.13. The van der Waals surface area contributed by atoms with Gasteiger partial charge in [-0.1, -0.05) is 68.9 Å². The third-order valence-electron chi connectivity index (χ3n) is 4.58. The highest BCUT2D eigenvalue weighted by atomic mass is 14.8. The van der Waals surface area contributed by atoms with Crippen LogP contribution in [0.5, 0.6) is 0 Å². The van der Waals surface area contributed by atoms with Crippen LogP contribution in [0, 0.1) is 16.7 Å². The predicted octanol–water partition coefficient (Wildman–Crippen LogP) is 6.70. The molecule has 0 aromatic carbocycles. The topological polar surface area (TPSA) is 12.0 Å². The number of hydrogen-bond acceptors (Lipinski definition) is 1. The van der Waals surface area contributed by atoms with E-state index in [0.29, 0.717) is 11.3 Å². The Morgan fingerprint density at radius 1 is 0.875 bits per heavy atom. The van der Waals surface area contributed by atoms with Gasteiger partial charge in [0.15, 0.2) is 0 Å². The van der Waals surface area contributed by atoms with Gasteiger partial charge in [0.2, 0.25) is 0 Å². The molecule has 24 heavy (non-hydrogen) atoms. The van der Waals surface area contributed by atoms with Gasteiger partial charge in [-0.15, -0.1) is 0 Å². The van der Waals surface area contributed by atoms with E-state index in [4.69, 9.17) is 0 Å². The Labute approximate surface area is 152 Å². The van der Waals surface area contributed by atoms with E-state index in [1.807, 2.05) is 7.05 Å². The first-order chi connectivity index (χ1) is 11.4. The van der Waals surface area contributed by atoms with Crippen molar-refractivity contribution < 1.29 is 0 Å². The van der Waals surface area contributed by atoms with E-state index in [9.17, 15) is 0 Å². The van der Waals surface area contributed by atoms with Gasteiger partial charge in [-0.25, -0.2) is 0 Å². The molecule has 0 unspecified atom stereocenters. The molecular weight excluding hydrogens is 290 g/mol. The van der Waals surface area contributed by atoms with Gasteiger partial charge in [0.05, 0.1) is 0 Å². The maximum atomic E-state index is 3.39. The molecule has 138 valence electrons. The van der Waals surface area contributed by atoms with Crippen LogP contribution in [0.1, 0.15) is 67.2 Å². The zero-order valence-electron chi connectivity index (χ0n) is 17.2. The van der Waals surface area contributed by atoms with Gasteiger partial charge < -0.3 is 5.32 Å². The van der Waals surface area contributed by atoms with Crippen LogP contribution in [0.2, 0.25) is 0 Å². The van der Waals surface area contributed by atoms with Gasteiger partial charge in [0.1, 0.15) is 0 Å². The fourth-order valence-corrected chi connectivity index (χ4v) is 3.89. The van der Waals surface area contributed by atoms with Crippen LogP contribution in [0.15, 0.2) is 48.6 Å². The third kappa shape index (κ3) is 9.27. The summed E-state index contributed by atoms with van der Waals surface area (Å²) in [5.74, 6) is 0.587. The van der Waals surface area contributed by atoms with Gasteiger partial charge in [0, 0.05) is 12.0 Å². The van der Waals surface area contributed by atoms with E-state index in [0.717, 1.165) is 6.54 Å². The highest BCUT2D eigenvalue weighted by Gasteiger charge is 2.31. The van der Waals surface area contributed by atoms with Crippen LogP contribution < -0.4 is 5.32 Å². The van der Waals surface area contributed by atoms with Crippen molar-refractivity contribution in [2.24, 2.45) is 16.7 Å². The van der Waals surface area contributed by atoms with E-state index < -0.39 is 0 Å². The molecule has 0 heterocycles. The Morgan fingerprint density at radius 2 is 1.42 bits per heavy atom. The minimum atomic E-state index is 0.119. The molecule has 1 N–H and O–H groups in total. The molecule has 1 heteroatoms. The average molecular weight is 332 g/mol. The van der Waals surface area contributed by atoms with Crippen molar-refractivity contribution in [2.45, 2.75) is 67.2 Å². The lowest BCUT2D eigenvalue weighted by Crippen LogP contribution is -2.34. The van der Waals surface area contributed by atoms with Gasteiger partial charge >= 0.3 is 0 Å². The second kappa shape index (κ2) is 12.3. The molecule has 0 saturated heterocycles. The SMILES string of the molecule is CC=CC(C=CC)CCCC(C)(C)CC(C=CC)(C=CC)CNC. The molecule has 1 nitrogen and oxygen atoms in total. The first-order valence-electron chi connectivity index (χ1n) is 9.56. The summed E-state index contributed by atoms with van der Waals surface area (Å²) in [7, 11) is 2.05. The highest BCUT2D eigenvalue weighted by Crippen LogP contribution is 2.40. The molecule has 0 aliphatic carbocycles. The van der Waals surface area contributed by atoms with Crippen molar-refractivity contribution in [1.82, 2.24) is 5.32 Å². The lowest BCUT2D eigenvalue weighted by Gasteiger charge is -2.37. The van der Waals surface area contributed by atoms with E-state index in [2.05, 4.69) is 95.5 Å².